The standard InChI is InChI=1S/C19H17N3O5/c1-25-13-5-2-11(3-6-13)14-9-17(23)21-19(20-14)22-18(24)12-4-7-15-16(8-12)27-10-26-15/h2-8,14H,9-10H2,1H3,(H2,20,21,22,23,24)/t14-/m1/s1. The van der Waals surface area contributed by atoms with Gasteiger partial charge in [-0.05, 0) is 35.9 Å². The first-order chi connectivity index (χ1) is 13.1. The van der Waals surface area contributed by atoms with Gasteiger partial charge in [0.15, 0.2) is 11.5 Å². The highest BCUT2D eigenvalue weighted by molar-refractivity contribution is 6.10. The van der Waals surface area contributed by atoms with E-state index in [1.54, 1.807) is 25.3 Å². The third kappa shape index (κ3) is 3.55. The number of ether oxygens (including phenoxy) is 3. The van der Waals surface area contributed by atoms with E-state index in [2.05, 4.69) is 15.6 Å². The van der Waals surface area contributed by atoms with Gasteiger partial charge in [0.25, 0.3) is 5.91 Å². The fourth-order valence-electron chi connectivity index (χ4n) is 2.89. The Labute approximate surface area is 155 Å². The van der Waals surface area contributed by atoms with Gasteiger partial charge < -0.3 is 14.2 Å². The first-order valence-electron chi connectivity index (χ1n) is 8.35. The predicted molar refractivity (Wildman–Crippen MR) is 96.0 cm³/mol. The van der Waals surface area contributed by atoms with Crippen molar-refractivity contribution in [2.75, 3.05) is 13.9 Å². The summed E-state index contributed by atoms with van der Waals surface area (Å²) in [4.78, 5) is 29.0. The predicted octanol–water partition coefficient (Wildman–Crippen LogP) is 1.77. The Morgan fingerprint density at radius 1 is 1.19 bits per heavy atom. The molecule has 0 bridgehead atoms. The number of hydrogen-bond acceptors (Lipinski definition) is 6. The van der Waals surface area contributed by atoms with Crippen molar-refractivity contribution in [3.63, 3.8) is 0 Å². The number of carbonyl (C=O) groups excluding carboxylic acids is 2. The number of methoxy groups -OCH3 is 1. The van der Waals surface area contributed by atoms with E-state index < -0.39 is 5.91 Å². The molecule has 4 rings (SSSR count). The average molecular weight is 367 g/mol. The van der Waals surface area contributed by atoms with Gasteiger partial charge in [-0.3, -0.25) is 20.2 Å². The highest BCUT2D eigenvalue weighted by atomic mass is 16.7. The highest BCUT2D eigenvalue weighted by Crippen LogP contribution is 2.32. The Morgan fingerprint density at radius 3 is 2.74 bits per heavy atom. The van der Waals surface area contributed by atoms with Gasteiger partial charge in [0.1, 0.15) is 5.75 Å². The zero-order valence-electron chi connectivity index (χ0n) is 14.5. The maximum Gasteiger partial charge on any atom is 0.258 e. The Balaban J connectivity index is 1.52. The molecule has 2 aromatic rings. The molecule has 0 saturated carbocycles. The van der Waals surface area contributed by atoms with Crippen LogP contribution in [0.15, 0.2) is 47.5 Å². The minimum absolute atomic E-state index is 0.120. The first-order valence-corrected chi connectivity index (χ1v) is 8.35. The normalized spacial score (nSPS) is 17.7. The summed E-state index contributed by atoms with van der Waals surface area (Å²) in [5, 5.41) is 5.23. The number of amides is 2. The molecule has 2 heterocycles. The smallest absolute Gasteiger partial charge is 0.258 e. The Kier molecular flexibility index (Phi) is 4.37. The van der Waals surface area contributed by atoms with E-state index in [1.165, 1.54) is 0 Å². The number of fused-ring (bicyclic) bond motifs is 1. The molecular formula is C19H17N3O5. The monoisotopic (exact) mass is 367 g/mol. The van der Waals surface area contributed by atoms with Gasteiger partial charge in [0.05, 0.1) is 19.6 Å². The van der Waals surface area contributed by atoms with Crippen LogP contribution in [0.2, 0.25) is 0 Å². The van der Waals surface area contributed by atoms with E-state index in [0.717, 1.165) is 11.3 Å². The lowest BCUT2D eigenvalue weighted by Crippen LogP contribution is -2.47. The molecule has 2 aliphatic rings. The van der Waals surface area contributed by atoms with Crippen LogP contribution >= 0.6 is 0 Å². The van der Waals surface area contributed by atoms with E-state index in [-0.39, 0.29) is 31.1 Å². The second-order valence-electron chi connectivity index (χ2n) is 6.04. The third-order valence-corrected chi connectivity index (χ3v) is 4.29. The Bertz CT molecular complexity index is 923. The fraction of sp³-hybridized carbons (Fsp3) is 0.211. The maximum absolute atomic E-state index is 12.5. The van der Waals surface area contributed by atoms with E-state index in [1.807, 2.05) is 24.3 Å². The van der Waals surface area contributed by atoms with Crippen molar-refractivity contribution in [1.82, 2.24) is 10.6 Å². The second-order valence-corrected chi connectivity index (χ2v) is 6.04. The van der Waals surface area contributed by atoms with E-state index in [9.17, 15) is 9.59 Å². The number of guanidine groups is 1. The zero-order valence-corrected chi connectivity index (χ0v) is 14.5. The number of benzene rings is 2. The third-order valence-electron chi connectivity index (χ3n) is 4.29. The van der Waals surface area contributed by atoms with Gasteiger partial charge in [0, 0.05) is 5.56 Å². The number of carbonyl (C=O) groups is 2. The van der Waals surface area contributed by atoms with Crippen LogP contribution < -0.4 is 24.8 Å². The molecule has 27 heavy (non-hydrogen) atoms. The molecule has 1 atom stereocenters. The lowest BCUT2D eigenvalue weighted by Gasteiger charge is -2.21. The van der Waals surface area contributed by atoms with Gasteiger partial charge in [-0.1, -0.05) is 12.1 Å². The molecule has 0 aromatic heterocycles. The molecule has 8 nitrogen and oxygen atoms in total. The Morgan fingerprint density at radius 2 is 1.96 bits per heavy atom. The Hall–Kier alpha value is -3.55. The molecule has 0 radical (unpaired) electrons. The van der Waals surface area contributed by atoms with E-state index in [4.69, 9.17) is 14.2 Å². The van der Waals surface area contributed by atoms with Crippen molar-refractivity contribution in [3.8, 4) is 17.2 Å². The molecular weight excluding hydrogens is 350 g/mol. The molecule has 0 fully saturated rings. The molecule has 2 amide bonds. The van der Waals surface area contributed by atoms with Gasteiger partial charge >= 0.3 is 0 Å². The van der Waals surface area contributed by atoms with Crippen molar-refractivity contribution >= 4 is 17.8 Å². The summed E-state index contributed by atoms with van der Waals surface area (Å²) in [5.74, 6) is 1.33. The van der Waals surface area contributed by atoms with E-state index >= 15 is 0 Å². The van der Waals surface area contributed by atoms with Crippen LogP contribution in [0.3, 0.4) is 0 Å². The van der Waals surface area contributed by atoms with Crippen LogP contribution in [-0.2, 0) is 4.79 Å². The van der Waals surface area contributed by atoms with Gasteiger partial charge in [-0.2, -0.15) is 0 Å². The summed E-state index contributed by atoms with van der Waals surface area (Å²) in [6.45, 7) is 0.132. The summed E-state index contributed by atoms with van der Waals surface area (Å²) in [6.07, 6.45) is 0.204. The van der Waals surface area contributed by atoms with Crippen molar-refractivity contribution in [1.29, 1.82) is 0 Å². The SMILES string of the molecule is COc1ccc([C@H]2CC(=O)NC(NC(=O)c3ccc4c(c3)OCO4)=N2)cc1. The molecule has 2 N–H and O–H groups in total. The van der Waals surface area contributed by atoms with Crippen LogP contribution in [0.25, 0.3) is 0 Å². The number of rotatable bonds is 3. The molecule has 0 spiro atoms. The average Bonchev–Trinajstić information content (AvgIpc) is 3.15. The second kappa shape index (κ2) is 6.99. The van der Waals surface area contributed by atoms with Crippen molar-refractivity contribution in [2.24, 2.45) is 4.99 Å². The highest BCUT2D eigenvalue weighted by Gasteiger charge is 2.24. The first kappa shape index (κ1) is 16.9. The van der Waals surface area contributed by atoms with Gasteiger partial charge in [0.2, 0.25) is 18.7 Å². The number of nitrogens with one attached hydrogen (secondary N) is 2. The minimum atomic E-state index is -0.400. The summed E-state index contributed by atoms with van der Waals surface area (Å²) < 4.78 is 15.7. The molecule has 8 heteroatoms. The van der Waals surface area contributed by atoms with Gasteiger partial charge in [-0.25, -0.2) is 4.99 Å². The number of hydrogen-bond donors (Lipinski definition) is 2. The van der Waals surface area contributed by atoms with Crippen LogP contribution in [0, 0.1) is 0 Å². The summed E-state index contributed by atoms with van der Waals surface area (Å²) in [5.41, 5.74) is 1.24. The van der Waals surface area contributed by atoms with Crippen LogP contribution in [-0.4, -0.2) is 31.7 Å². The lowest BCUT2D eigenvalue weighted by atomic mass is 10.0. The van der Waals surface area contributed by atoms with Crippen LogP contribution in [0.4, 0.5) is 0 Å². The summed E-state index contributed by atoms with van der Waals surface area (Å²) >= 11 is 0. The topological polar surface area (TPSA) is 98.3 Å². The summed E-state index contributed by atoms with van der Waals surface area (Å²) in [6, 6.07) is 11.8. The zero-order chi connectivity index (χ0) is 18.8. The number of aliphatic imine (C=N–C) groups is 1. The number of nitrogens with zero attached hydrogens (tertiary/aromatic N) is 1. The molecule has 0 unspecified atom stereocenters. The summed E-state index contributed by atoms with van der Waals surface area (Å²) in [7, 11) is 1.59. The van der Waals surface area contributed by atoms with Crippen molar-refractivity contribution < 1.29 is 23.8 Å². The molecule has 0 saturated heterocycles. The molecule has 2 aliphatic heterocycles. The molecule has 0 aliphatic carbocycles. The minimum Gasteiger partial charge on any atom is -0.497 e. The van der Waals surface area contributed by atoms with Gasteiger partial charge in [-0.15, -0.1) is 0 Å². The molecule has 138 valence electrons. The largest absolute Gasteiger partial charge is 0.497 e. The maximum atomic E-state index is 12.5. The van der Waals surface area contributed by atoms with Crippen molar-refractivity contribution in [3.05, 3.63) is 53.6 Å². The fourth-order valence-corrected chi connectivity index (χ4v) is 2.89. The van der Waals surface area contributed by atoms with Crippen molar-refractivity contribution in [2.45, 2.75) is 12.5 Å². The van der Waals surface area contributed by atoms with Crippen LogP contribution in [0.1, 0.15) is 28.4 Å². The quantitative estimate of drug-likeness (QED) is 0.862. The molecule has 2 aromatic carbocycles. The van der Waals surface area contributed by atoms with Crippen LogP contribution in [0.5, 0.6) is 17.2 Å². The lowest BCUT2D eigenvalue weighted by molar-refractivity contribution is -0.120. The van der Waals surface area contributed by atoms with E-state index in [0.29, 0.717) is 17.1 Å².